The van der Waals surface area contributed by atoms with Crippen LogP contribution in [0.2, 0.25) is 0 Å². The Bertz CT molecular complexity index is 465. The Balaban J connectivity index is 1.76. The van der Waals surface area contributed by atoms with Crippen molar-refractivity contribution >= 4 is 11.3 Å². The number of hydrogen-bond acceptors (Lipinski definition) is 5. The van der Waals surface area contributed by atoms with Gasteiger partial charge in [0.05, 0.1) is 11.2 Å². The van der Waals surface area contributed by atoms with Crippen molar-refractivity contribution in [2.75, 3.05) is 0 Å². The van der Waals surface area contributed by atoms with Crippen LogP contribution in [-0.2, 0) is 6.54 Å². The van der Waals surface area contributed by atoms with Crippen molar-refractivity contribution in [1.82, 2.24) is 20.3 Å². The average Bonchev–Trinajstić information content (AvgIpc) is 2.99. The largest absolute Gasteiger partial charge is 0.308 e. The van der Waals surface area contributed by atoms with Gasteiger partial charge < -0.3 is 5.32 Å². The standard InChI is InChI=1S/C11H12N4S/c1-2-8(1)13-5-9-3-4-12-11(15-9)10-6-16-7-14-10/h3-4,6-8,13H,1-2,5H2. The maximum absolute atomic E-state index is 4.49. The summed E-state index contributed by atoms with van der Waals surface area (Å²) in [5.74, 6) is 0.719. The van der Waals surface area contributed by atoms with Gasteiger partial charge in [0.2, 0.25) is 0 Å². The first-order valence-electron chi connectivity index (χ1n) is 5.36. The predicted octanol–water partition coefficient (Wildman–Crippen LogP) is 1.85. The lowest BCUT2D eigenvalue weighted by molar-refractivity contribution is 0.673. The van der Waals surface area contributed by atoms with Crippen molar-refractivity contribution in [1.29, 1.82) is 0 Å². The molecule has 0 atom stereocenters. The molecule has 2 aromatic rings. The van der Waals surface area contributed by atoms with Crippen LogP contribution in [0.15, 0.2) is 23.2 Å². The summed E-state index contributed by atoms with van der Waals surface area (Å²) in [6.07, 6.45) is 4.39. The summed E-state index contributed by atoms with van der Waals surface area (Å²) < 4.78 is 0. The van der Waals surface area contributed by atoms with E-state index in [0.29, 0.717) is 6.04 Å². The second-order valence-electron chi connectivity index (χ2n) is 3.90. The fourth-order valence-electron chi connectivity index (χ4n) is 1.48. The van der Waals surface area contributed by atoms with Crippen LogP contribution in [0.3, 0.4) is 0 Å². The summed E-state index contributed by atoms with van der Waals surface area (Å²) in [6.45, 7) is 0.824. The van der Waals surface area contributed by atoms with E-state index in [1.807, 2.05) is 11.4 Å². The van der Waals surface area contributed by atoms with Crippen molar-refractivity contribution in [2.24, 2.45) is 0 Å². The lowest BCUT2D eigenvalue weighted by Crippen LogP contribution is -2.16. The molecule has 3 rings (SSSR count). The normalized spacial score (nSPS) is 15.2. The molecule has 1 aliphatic rings. The first kappa shape index (κ1) is 9.86. The van der Waals surface area contributed by atoms with Gasteiger partial charge in [-0.05, 0) is 18.9 Å². The third-order valence-corrected chi connectivity index (χ3v) is 3.11. The number of nitrogens with zero attached hydrogens (tertiary/aromatic N) is 3. The van der Waals surface area contributed by atoms with Gasteiger partial charge in [0.15, 0.2) is 5.82 Å². The molecule has 2 heterocycles. The highest BCUT2D eigenvalue weighted by molar-refractivity contribution is 7.07. The van der Waals surface area contributed by atoms with Crippen molar-refractivity contribution in [3.63, 3.8) is 0 Å². The van der Waals surface area contributed by atoms with Crippen LogP contribution < -0.4 is 5.32 Å². The maximum Gasteiger partial charge on any atom is 0.179 e. The molecule has 0 saturated heterocycles. The molecule has 5 heteroatoms. The van der Waals surface area contributed by atoms with E-state index in [2.05, 4.69) is 20.3 Å². The van der Waals surface area contributed by atoms with Gasteiger partial charge in [-0.3, -0.25) is 0 Å². The number of aromatic nitrogens is 3. The van der Waals surface area contributed by atoms with Crippen LogP contribution in [-0.4, -0.2) is 21.0 Å². The first-order valence-corrected chi connectivity index (χ1v) is 6.30. The highest BCUT2D eigenvalue weighted by Crippen LogP contribution is 2.19. The Hall–Kier alpha value is -1.33. The molecule has 0 aliphatic heterocycles. The molecule has 82 valence electrons. The molecule has 4 nitrogen and oxygen atoms in total. The number of thiazole rings is 1. The Morgan fingerprint density at radius 3 is 3.06 bits per heavy atom. The van der Waals surface area contributed by atoms with E-state index in [1.165, 1.54) is 12.8 Å². The third-order valence-electron chi connectivity index (χ3n) is 2.52. The smallest absolute Gasteiger partial charge is 0.179 e. The average molecular weight is 232 g/mol. The monoisotopic (exact) mass is 232 g/mol. The van der Waals surface area contributed by atoms with Gasteiger partial charge >= 0.3 is 0 Å². The second-order valence-corrected chi connectivity index (χ2v) is 4.62. The van der Waals surface area contributed by atoms with Crippen LogP contribution in [0.5, 0.6) is 0 Å². The SMILES string of the molecule is c1cc(CNC2CC2)nc(-c2cscn2)n1. The van der Waals surface area contributed by atoms with Crippen LogP contribution in [0.4, 0.5) is 0 Å². The fraction of sp³-hybridized carbons (Fsp3) is 0.364. The Labute approximate surface area is 97.8 Å². The Morgan fingerprint density at radius 2 is 2.31 bits per heavy atom. The maximum atomic E-state index is 4.49. The zero-order valence-corrected chi connectivity index (χ0v) is 9.57. The minimum Gasteiger partial charge on any atom is -0.308 e. The van der Waals surface area contributed by atoms with E-state index in [1.54, 1.807) is 23.0 Å². The summed E-state index contributed by atoms with van der Waals surface area (Å²) in [5, 5.41) is 5.40. The highest BCUT2D eigenvalue weighted by atomic mass is 32.1. The minimum absolute atomic E-state index is 0.706. The van der Waals surface area contributed by atoms with Gasteiger partial charge in [-0.1, -0.05) is 0 Å². The molecule has 1 fully saturated rings. The summed E-state index contributed by atoms with van der Waals surface area (Å²) in [5.41, 5.74) is 3.69. The van der Waals surface area contributed by atoms with Crippen LogP contribution in [0.1, 0.15) is 18.5 Å². The zero-order chi connectivity index (χ0) is 10.8. The van der Waals surface area contributed by atoms with E-state index in [-0.39, 0.29) is 0 Å². The molecule has 0 spiro atoms. The van der Waals surface area contributed by atoms with Crippen molar-refractivity contribution in [2.45, 2.75) is 25.4 Å². The van der Waals surface area contributed by atoms with Crippen LogP contribution in [0.25, 0.3) is 11.5 Å². The van der Waals surface area contributed by atoms with E-state index < -0.39 is 0 Å². The molecule has 16 heavy (non-hydrogen) atoms. The van der Waals surface area contributed by atoms with Gasteiger partial charge in [-0.2, -0.15) is 0 Å². The minimum atomic E-state index is 0.706. The van der Waals surface area contributed by atoms with Crippen molar-refractivity contribution in [3.05, 3.63) is 28.8 Å². The third kappa shape index (κ3) is 2.25. The molecule has 1 saturated carbocycles. The summed E-state index contributed by atoms with van der Waals surface area (Å²) in [7, 11) is 0. The zero-order valence-electron chi connectivity index (χ0n) is 8.76. The van der Waals surface area contributed by atoms with E-state index in [0.717, 1.165) is 23.8 Å². The molecule has 0 radical (unpaired) electrons. The number of nitrogens with one attached hydrogen (secondary N) is 1. The second kappa shape index (κ2) is 4.27. The van der Waals surface area contributed by atoms with Gasteiger partial charge in [0, 0.05) is 24.2 Å². The molecular formula is C11H12N4S. The lowest BCUT2D eigenvalue weighted by atomic mass is 10.3. The number of rotatable bonds is 4. The quantitative estimate of drug-likeness (QED) is 0.874. The van der Waals surface area contributed by atoms with Crippen LogP contribution >= 0.6 is 11.3 Å². The first-order chi connectivity index (χ1) is 7.92. The molecule has 0 amide bonds. The van der Waals surface area contributed by atoms with E-state index >= 15 is 0 Å². The fourth-order valence-corrected chi connectivity index (χ4v) is 2.01. The molecule has 0 unspecified atom stereocenters. The van der Waals surface area contributed by atoms with E-state index in [4.69, 9.17) is 0 Å². The molecule has 2 aromatic heterocycles. The Kier molecular flexibility index (Phi) is 2.63. The number of hydrogen-bond donors (Lipinski definition) is 1. The van der Waals surface area contributed by atoms with E-state index in [9.17, 15) is 0 Å². The van der Waals surface area contributed by atoms with Crippen LogP contribution in [0, 0.1) is 0 Å². The Morgan fingerprint density at radius 1 is 1.38 bits per heavy atom. The van der Waals surface area contributed by atoms with Gasteiger partial charge in [-0.15, -0.1) is 11.3 Å². The van der Waals surface area contributed by atoms with Gasteiger partial charge in [0.1, 0.15) is 5.69 Å². The summed E-state index contributed by atoms with van der Waals surface area (Å²) in [6, 6.07) is 2.66. The van der Waals surface area contributed by atoms with Crippen molar-refractivity contribution in [3.8, 4) is 11.5 Å². The molecule has 0 bridgehead atoms. The predicted molar refractivity (Wildman–Crippen MR) is 63.0 cm³/mol. The molecule has 1 N–H and O–H groups in total. The summed E-state index contributed by atoms with van der Waals surface area (Å²) >= 11 is 1.56. The molecular weight excluding hydrogens is 220 g/mol. The highest BCUT2D eigenvalue weighted by Gasteiger charge is 2.20. The van der Waals surface area contributed by atoms with Crippen molar-refractivity contribution < 1.29 is 0 Å². The van der Waals surface area contributed by atoms with Gasteiger partial charge in [-0.25, -0.2) is 15.0 Å². The molecule has 0 aromatic carbocycles. The van der Waals surface area contributed by atoms with Gasteiger partial charge in [0.25, 0.3) is 0 Å². The molecule has 1 aliphatic carbocycles. The lowest BCUT2D eigenvalue weighted by Gasteiger charge is -2.03. The topological polar surface area (TPSA) is 50.7 Å². The summed E-state index contributed by atoms with van der Waals surface area (Å²) in [4.78, 5) is 12.9.